The molecule has 0 saturated carbocycles. The molecule has 8 nitrogen and oxygen atoms in total. The normalized spacial score (nSPS) is 14.1. The Balaban J connectivity index is 2.02. The first-order valence-corrected chi connectivity index (χ1v) is 13.0. The van der Waals surface area contributed by atoms with E-state index >= 15 is 4.39 Å². The fourth-order valence-electron chi connectivity index (χ4n) is 4.60. The smallest absolute Gasteiger partial charge is 0.197 e. The van der Waals surface area contributed by atoms with Crippen LogP contribution in [0.2, 0.25) is 0 Å². The molecule has 0 unspecified atom stereocenters. The molecule has 2 aromatic rings. The molecule has 1 aliphatic heterocycles. The number of likely N-dealkylation sites (N-methyl/N-ethyl adjacent to an activating group) is 1. The maximum absolute atomic E-state index is 15.6. The minimum Gasteiger partial charge on any atom is -0.494 e. The second-order valence-electron chi connectivity index (χ2n) is 10.1. The summed E-state index contributed by atoms with van der Waals surface area (Å²) in [4.78, 5) is 17.2. The van der Waals surface area contributed by atoms with E-state index in [9.17, 15) is 9.90 Å². The van der Waals surface area contributed by atoms with Crippen molar-refractivity contribution < 1.29 is 28.5 Å². The molecular formula is C28H37ClFN3O5. The van der Waals surface area contributed by atoms with Gasteiger partial charge < -0.3 is 29.1 Å². The maximum atomic E-state index is 15.6. The molecule has 2 aromatic carbocycles. The summed E-state index contributed by atoms with van der Waals surface area (Å²) < 4.78 is 36.3. The van der Waals surface area contributed by atoms with E-state index in [4.69, 9.17) is 26.0 Å². The summed E-state index contributed by atoms with van der Waals surface area (Å²) in [7, 11) is 3.42. The van der Waals surface area contributed by atoms with Gasteiger partial charge in [0.1, 0.15) is 5.75 Å². The molecule has 0 atom stereocenters. The molecule has 10 heteroatoms. The lowest BCUT2D eigenvalue weighted by molar-refractivity contribution is 0.0963. The highest BCUT2D eigenvalue weighted by Gasteiger charge is 2.35. The van der Waals surface area contributed by atoms with Crippen molar-refractivity contribution in [2.75, 3.05) is 52.0 Å². The van der Waals surface area contributed by atoms with Crippen molar-refractivity contribution in [2.24, 2.45) is 4.51 Å². The molecule has 38 heavy (non-hydrogen) atoms. The summed E-state index contributed by atoms with van der Waals surface area (Å²) in [6, 6.07) is 5.30. The second-order valence-corrected chi connectivity index (χ2v) is 10.2. The summed E-state index contributed by atoms with van der Waals surface area (Å²) in [6.45, 7) is 10.8. The number of aliphatic hydroxyl groups excluding tert-OH is 1. The molecule has 1 aliphatic rings. The first-order valence-electron chi connectivity index (χ1n) is 12.6. The number of halogens is 2. The van der Waals surface area contributed by atoms with Crippen LogP contribution in [-0.4, -0.2) is 68.7 Å². The predicted molar refractivity (Wildman–Crippen MR) is 148 cm³/mol. The molecule has 208 valence electrons. The van der Waals surface area contributed by atoms with Crippen LogP contribution in [0.4, 0.5) is 10.1 Å². The van der Waals surface area contributed by atoms with Gasteiger partial charge in [0.25, 0.3) is 0 Å². The Labute approximate surface area is 229 Å². The number of methoxy groups -OCH3 is 1. The Morgan fingerprint density at radius 3 is 2.42 bits per heavy atom. The van der Waals surface area contributed by atoms with Gasteiger partial charge in [0.15, 0.2) is 28.9 Å². The number of amidine groups is 1. The van der Waals surface area contributed by atoms with Gasteiger partial charge in [-0.1, -0.05) is 20.8 Å². The Morgan fingerprint density at radius 2 is 1.87 bits per heavy atom. The molecule has 1 N–H and O–H groups in total. The number of nitrogens with zero attached hydrogens (tertiary/aromatic N) is 3. The van der Waals surface area contributed by atoms with Crippen molar-refractivity contribution in [3.63, 3.8) is 0 Å². The van der Waals surface area contributed by atoms with Gasteiger partial charge in [0, 0.05) is 43.0 Å². The highest BCUT2D eigenvalue weighted by atomic mass is 35.5. The number of rotatable bonds is 11. The molecule has 0 spiro atoms. The second kappa shape index (κ2) is 12.2. The first kappa shape index (κ1) is 29.5. The minimum atomic E-state index is -0.616. The zero-order valence-electron chi connectivity index (χ0n) is 23.2. The maximum Gasteiger partial charge on any atom is 0.197 e. The zero-order chi connectivity index (χ0) is 28.2. The first-order chi connectivity index (χ1) is 18.0. The third kappa shape index (κ3) is 5.83. The predicted octanol–water partition coefficient (Wildman–Crippen LogP) is 4.96. The fourth-order valence-corrected chi connectivity index (χ4v) is 4.79. The fraction of sp³-hybridized carbons (Fsp3) is 0.500. The highest BCUT2D eigenvalue weighted by Crippen LogP contribution is 2.41. The van der Waals surface area contributed by atoms with E-state index in [1.807, 2.05) is 45.7 Å². The largest absolute Gasteiger partial charge is 0.494 e. The number of anilines is 1. The average molecular weight is 550 g/mol. The molecule has 3 rings (SSSR count). The van der Waals surface area contributed by atoms with Crippen LogP contribution in [0.5, 0.6) is 17.2 Å². The van der Waals surface area contributed by atoms with E-state index < -0.39 is 5.82 Å². The third-order valence-electron chi connectivity index (χ3n) is 6.41. The number of benzene rings is 2. The summed E-state index contributed by atoms with van der Waals surface area (Å²) >= 11 is 5.94. The molecule has 0 fully saturated rings. The Bertz CT molecular complexity index is 1210. The lowest BCUT2D eigenvalue weighted by Gasteiger charge is -2.29. The Kier molecular flexibility index (Phi) is 9.49. The summed E-state index contributed by atoms with van der Waals surface area (Å²) in [5.41, 5.74) is 2.50. The average Bonchev–Trinajstić information content (AvgIpc) is 3.22. The Morgan fingerprint density at radius 1 is 1.18 bits per heavy atom. The van der Waals surface area contributed by atoms with Gasteiger partial charge in [-0.05, 0) is 43.0 Å². The standard InChI is InChI=1S/C28H37ClFN3O5/c1-8-37-22-14-18-15-33(27(31-29)23(18)24(30)26(22)38-9-2)16-21(35)17-12-19(28(3,4)5)25(36-7)20(13-17)32(6)10-11-34/h12-14,34H,8-11,15-16H2,1-7H3/b31-27-. The van der Waals surface area contributed by atoms with Gasteiger partial charge in [0.05, 0.1) is 44.7 Å². The summed E-state index contributed by atoms with van der Waals surface area (Å²) in [5, 5.41) is 9.50. The van der Waals surface area contributed by atoms with Gasteiger partial charge in [-0.25, -0.2) is 4.39 Å². The molecule has 0 amide bonds. The number of ketones is 1. The van der Waals surface area contributed by atoms with Gasteiger partial charge >= 0.3 is 0 Å². The number of hydrogen-bond acceptors (Lipinski definition) is 7. The van der Waals surface area contributed by atoms with Crippen molar-refractivity contribution in [3.8, 4) is 17.2 Å². The number of Topliss-reactive ketones (excluding diaryl/α,β-unsaturated/α-hetero) is 1. The highest BCUT2D eigenvalue weighted by molar-refractivity contribution is 6.23. The Hall–Kier alpha value is -3.04. The topological polar surface area (TPSA) is 83.8 Å². The van der Waals surface area contributed by atoms with Gasteiger partial charge in [-0.3, -0.25) is 4.79 Å². The summed E-state index contributed by atoms with van der Waals surface area (Å²) in [6.07, 6.45) is 0. The van der Waals surface area contributed by atoms with Crippen LogP contribution in [0.1, 0.15) is 61.7 Å². The van der Waals surface area contributed by atoms with E-state index in [1.54, 1.807) is 31.1 Å². The van der Waals surface area contributed by atoms with Gasteiger partial charge in [-0.2, -0.15) is 4.51 Å². The molecule has 0 aliphatic carbocycles. The molecule has 0 saturated heterocycles. The van der Waals surface area contributed by atoms with E-state index in [2.05, 4.69) is 4.51 Å². The number of carbonyl (C=O) groups is 1. The quantitative estimate of drug-likeness (QED) is 0.397. The van der Waals surface area contributed by atoms with E-state index in [-0.39, 0.29) is 54.7 Å². The summed E-state index contributed by atoms with van der Waals surface area (Å²) in [5.74, 6) is 0.302. The van der Waals surface area contributed by atoms with Crippen LogP contribution in [0.15, 0.2) is 22.7 Å². The van der Waals surface area contributed by atoms with Crippen LogP contribution < -0.4 is 19.1 Å². The lowest BCUT2D eigenvalue weighted by atomic mass is 9.84. The van der Waals surface area contributed by atoms with Crippen LogP contribution >= 0.6 is 11.8 Å². The molecule has 0 bridgehead atoms. The molecule has 1 heterocycles. The SMILES string of the molecule is CCOc1cc2c(c(F)c1OCC)/C(=N/Cl)N(CC(=O)c1cc(N(C)CCO)c(OC)c(C(C)(C)C)c1)C2. The molecular weight excluding hydrogens is 513 g/mol. The molecule has 0 aromatic heterocycles. The van der Waals surface area contributed by atoms with Crippen molar-refractivity contribution in [1.82, 2.24) is 4.90 Å². The monoisotopic (exact) mass is 549 g/mol. The van der Waals surface area contributed by atoms with Crippen molar-refractivity contribution in [3.05, 3.63) is 46.3 Å². The van der Waals surface area contributed by atoms with Gasteiger partial charge in [-0.15, -0.1) is 0 Å². The minimum absolute atomic E-state index is 0.000582. The van der Waals surface area contributed by atoms with Crippen LogP contribution in [0.3, 0.4) is 0 Å². The van der Waals surface area contributed by atoms with E-state index in [0.29, 0.717) is 41.5 Å². The number of ether oxygens (including phenoxy) is 3. The number of hydrogen-bond donors (Lipinski definition) is 1. The number of aliphatic hydroxyl groups is 1. The van der Waals surface area contributed by atoms with Crippen LogP contribution in [0, 0.1) is 5.82 Å². The van der Waals surface area contributed by atoms with Crippen molar-refractivity contribution >= 4 is 29.1 Å². The zero-order valence-corrected chi connectivity index (χ0v) is 23.9. The third-order valence-corrected chi connectivity index (χ3v) is 6.57. The number of carbonyl (C=O) groups excluding carboxylic acids is 1. The van der Waals surface area contributed by atoms with E-state index in [1.165, 1.54) is 0 Å². The lowest BCUT2D eigenvalue weighted by Crippen LogP contribution is -2.31. The van der Waals surface area contributed by atoms with E-state index in [0.717, 1.165) is 5.56 Å². The number of fused-ring (bicyclic) bond motifs is 1. The van der Waals surface area contributed by atoms with Crippen LogP contribution in [-0.2, 0) is 12.0 Å². The molecule has 0 radical (unpaired) electrons. The van der Waals surface area contributed by atoms with Crippen molar-refractivity contribution in [2.45, 2.75) is 46.6 Å². The van der Waals surface area contributed by atoms with Gasteiger partial charge in [0.2, 0.25) is 0 Å². The van der Waals surface area contributed by atoms with Crippen molar-refractivity contribution in [1.29, 1.82) is 0 Å². The van der Waals surface area contributed by atoms with Crippen LogP contribution in [0.25, 0.3) is 0 Å².